The Hall–Kier alpha value is -0.680. The molecule has 1 heterocycles. The summed E-state index contributed by atoms with van der Waals surface area (Å²) in [7, 11) is 1.13. The van der Waals surface area contributed by atoms with Crippen LogP contribution in [0.3, 0.4) is 0 Å². The molecule has 0 spiro atoms. The largest absolute Gasteiger partial charge is 0.467 e. The molecule has 0 aromatic carbocycles. The Morgan fingerprint density at radius 1 is 1.77 bits per heavy atom. The Labute approximate surface area is 74.6 Å². The second kappa shape index (κ2) is 2.92. The van der Waals surface area contributed by atoms with E-state index in [-0.39, 0.29) is 12.2 Å². The van der Waals surface area contributed by atoms with Crippen LogP contribution in [0, 0.1) is 5.92 Å². The smallest absolute Gasteiger partial charge is 0.340 e. The fraction of sp³-hybridized carbons (Fsp3) is 0.875. The van der Waals surface area contributed by atoms with Gasteiger partial charge in [0, 0.05) is 6.42 Å². The van der Waals surface area contributed by atoms with Crippen LogP contribution in [0.1, 0.15) is 6.42 Å². The number of fused-ring (bicyclic) bond motifs is 1. The van der Waals surface area contributed by atoms with E-state index in [1.54, 1.807) is 0 Å². The van der Waals surface area contributed by atoms with Crippen LogP contribution in [0.15, 0.2) is 0 Å². The second-order valence-corrected chi connectivity index (χ2v) is 3.44. The van der Waals surface area contributed by atoms with E-state index in [1.165, 1.54) is 0 Å². The highest BCUT2D eigenvalue weighted by molar-refractivity contribution is 5.75. The maximum atomic E-state index is 13.3. The number of carbonyl (C=O) groups is 1. The lowest BCUT2D eigenvalue weighted by Gasteiger charge is -2.18. The molecular formula is C8H11FO4. The van der Waals surface area contributed by atoms with Crippen molar-refractivity contribution in [1.82, 2.24) is 0 Å². The lowest BCUT2D eigenvalue weighted by Crippen LogP contribution is -2.35. The molecule has 5 atom stereocenters. The van der Waals surface area contributed by atoms with E-state index in [0.29, 0.717) is 6.42 Å². The van der Waals surface area contributed by atoms with Crippen molar-refractivity contribution in [3.05, 3.63) is 0 Å². The number of epoxide rings is 1. The fourth-order valence-corrected chi connectivity index (χ4v) is 1.93. The molecule has 0 aromatic rings. The van der Waals surface area contributed by atoms with Crippen molar-refractivity contribution < 1.29 is 23.8 Å². The highest BCUT2D eigenvalue weighted by Gasteiger charge is 2.59. The maximum Gasteiger partial charge on any atom is 0.340 e. The number of ether oxygens (including phenoxy) is 2. The van der Waals surface area contributed by atoms with E-state index in [9.17, 15) is 14.3 Å². The van der Waals surface area contributed by atoms with Crippen molar-refractivity contribution in [2.45, 2.75) is 30.9 Å². The van der Waals surface area contributed by atoms with Gasteiger partial charge in [-0.1, -0.05) is 0 Å². The van der Waals surface area contributed by atoms with E-state index >= 15 is 0 Å². The molecule has 13 heavy (non-hydrogen) atoms. The minimum Gasteiger partial charge on any atom is -0.467 e. The SMILES string of the molecule is COC(=O)C(F)[C@@H]1C(O)C[C@H]2O[C@@H]12. The molecule has 0 amide bonds. The van der Waals surface area contributed by atoms with E-state index in [2.05, 4.69) is 4.74 Å². The molecule has 2 unspecified atom stereocenters. The molecule has 1 saturated heterocycles. The van der Waals surface area contributed by atoms with Crippen LogP contribution in [0.4, 0.5) is 4.39 Å². The predicted octanol–water partition coefficient (Wildman–Crippen LogP) is -0.354. The molecule has 2 rings (SSSR count). The molecule has 4 nitrogen and oxygen atoms in total. The standard InChI is InChI=1S/C8H11FO4/c1-12-8(11)6(9)5-3(10)2-4-7(5)13-4/h3-7,10H,2H2,1H3/t3?,4-,5+,6?,7-/m1/s1. The van der Waals surface area contributed by atoms with Gasteiger partial charge in [0.25, 0.3) is 0 Å². The number of esters is 1. The monoisotopic (exact) mass is 190 g/mol. The van der Waals surface area contributed by atoms with Gasteiger partial charge in [-0.3, -0.25) is 0 Å². The minimum absolute atomic E-state index is 0.0529. The third-order valence-corrected chi connectivity index (χ3v) is 2.68. The maximum absolute atomic E-state index is 13.3. The highest BCUT2D eigenvalue weighted by Crippen LogP contribution is 2.45. The average molecular weight is 190 g/mol. The van der Waals surface area contributed by atoms with Crippen molar-refractivity contribution >= 4 is 5.97 Å². The first kappa shape index (κ1) is 8.90. The third kappa shape index (κ3) is 1.32. The first-order valence-electron chi connectivity index (χ1n) is 4.20. The first-order valence-corrected chi connectivity index (χ1v) is 4.20. The van der Waals surface area contributed by atoms with E-state index < -0.39 is 24.2 Å². The van der Waals surface area contributed by atoms with Gasteiger partial charge in [0.2, 0.25) is 6.17 Å². The van der Waals surface area contributed by atoms with Gasteiger partial charge in [-0.2, -0.15) is 0 Å². The molecule has 0 aromatic heterocycles. The summed E-state index contributed by atoms with van der Waals surface area (Å²) in [6.07, 6.45) is -2.46. The van der Waals surface area contributed by atoms with Crippen molar-refractivity contribution in [3.63, 3.8) is 0 Å². The summed E-state index contributed by atoms with van der Waals surface area (Å²) in [5.41, 5.74) is 0. The number of aliphatic hydroxyl groups is 1. The van der Waals surface area contributed by atoms with Gasteiger partial charge in [-0.15, -0.1) is 0 Å². The average Bonchev–Trinajstić information content (AvgIpc) is 2.76. The van der Waals surface area contributed by atoms with Gasteiger partial charge >= 0.3 is 5.97 Å². The molecule has 5 heteroatoms. The van der Waals surface area contributed by atoms with Crippen LogP contribution in [0.2, 0.25) is 0 Å². The lowest BCUT2D eigenvalue weighted by molar-refractivity contribution is -0.151. The Kier molecular flexibility index (Phi) is 2.00. The normalized spacial score (nSPS) is 43.9. The number of rotatable bonds is 2. The molecule has 1 aliphatic heterocycles. The number of hydrogen-bond acceptors (Lipinski definition) is 4. The van der Waals surface area contributed by atoms with E-state index in [4.69, 9.17) is 4.74 Å². The van der Waals surface area contributed by atoms with Crippen LogP contribution in [0.25, 0.3) is 0 Å². The topological polar surface area (TPSA) is 59.1 Å². The molecule has 0 bridgehead atoms. The molecule has 0 radical (unpaired) electrons. The summed E-state index contributed by atoms with van der Waals surface area (Å²) in [5.74, 6) is -1.67. The van der Waals surface area contributed by atoms with Crippen LogP contribution in [-0.4, -0.2) is 42.7 Å². The lowest BCUT2D eigenvalue weighted by atomic mass is 9.99. The summed E-state index contributed by atoms with van der Waals surface area (Å²) >= 11 is 0. The van der Waals surface area contributed by atoms with Crippen molar-refractivity contribution in [3.8, 4) is 0 Å². The van der Waals surface area contributed by atoms with Gasteiger partial charge < -0.3 is 14.6 Å². The zero-order chi connectivity index (χ0) is 9.59. The molecule has 2 fully saturated rings. The number of halogens is 1. The number of carbonyl (C=O) groups excluding carboxylic acids is 1. The Balaban J connectivity index is 2.02. The molecule has 1 saturated carbocycles. The van der Waals surface area contributed by atoms with Crippen molar-refractivity contribution in [2.75, 3.05) is 7.11 Å². The molecule has 1 N–H and O–H groups in total. The zero-order valence-corrected chi connectivity index (χ0v) is 7.14. The zero-order valence-electron chi connectivity index (χ0n) is 7.14. The molecule has 2 aliphatic rings. The van der Waals surface area contributed by atoms with Crippen molar-refractivity contribution in [1.29, 1.82) is 0 Å². The van der Waals surface area contributed by atoms with Gasteiger partial charge in [0.05, 0.1) is 31.3 Å². The summed E-state index contributed by atoms with van der Waals surface area (Å²) in [5, 5.41) is 9.38. The number of hydrogen-bond donors (Lipinski definition) is 1. The second-order valence-electron chi connectivity index (χ2n) is 3.44. The summed E-state index contributed by atoms with van der Waals surface area (Å²) in [6, 6.07) is 0. The predicted molar refractivity (Wildman–Crippen MR) is 39.7 cm³/mol. The van der Waals surface area contributed by atoms with Crippen molar-refractivity contribution in [2.24, 2.45) is 5.92 Å². The molecule has 74 valence electrons. The van der Waals surface area contributed by atoms with Gasteiger partial charge in [0.1, 0.15) is 0 Å². The Bertz CT molecular complexity index is 230. The summed E-state index contributed by atoms with van der Waals surface area (Å²) in [4.78, 5) is 10.8. The minimum atomic E-state index is -1.77. The summed E-state index contributed by atoms with van der Waals surface area (Å²) < 4.78 is 22.6. The van der Waals surface area contributed by atoms with Gasteiger partial charge in [0.15, 0.2) is 0 Å². The fourth-order valence-electron chi connectivity index (χ4n) is 1.93. The molecular weight excluding hydrogens is 179 g/mol. The van der Waals surface area contributed by atoms with Crippen LogP contribution >= 0.6 is 0 Å². The van der Waals surface area contributed by atoms with Crippen LogP contribution < -0.4 is 0 Å². The number of methoxy groups -OCH3 is 1. The first-order chi connectivity index (χ1) is 6.15. The van der Waals surface area contributed by atoms with E-state index in [0.717, 1.165) is 7.11 Å². The Morgan fingerprint density at radius 2 is 2.46 bits per heavy atom. The quantitative estimate of drug-likeness (QED) is 0.477. The van der Waals surface area contributed by atoms with E-state index in [1.807, 2.05) is 0 Å². The molecule has 1 aliphatic carbocycles. The summed E-state index contributed by atoms with van der Waals surface area (Å²) in [6.45, 7) is 0. The van der Waals surface area contributed by atoms with Crippen LogP contribution in [-0.2, 0) is 14.3 Å². The number of alkyl halides is 1. The third-order valence-electron chi connectivity index (χ3n) is 2.68. The van der Waals surface area contributed by atoms with Crippen LogP contribution in [0.5, 0.6) is 0 Å². The van der Waals surface area contributed by atoms with Gasteiger partial charge in [-0.25, -0.2) is 9.18 Å². The highest BCUT2D eigenvalue weighted by atomic mass is 19.1. The van der Waals surface area contributed by atoms with Gasteiger partial charge in [-0.05, 0) is 0 Å². The number of aliphatic hydroxyl groups excluding tert-OH is 1. The Morgan fingerprint density at radius 3 is 2.92 bits per heavy atom.